The van der Waals surface area contributed by atoms with Crippen molar-refractivity contribution in [3.05, 3.63) is 81.2 Å². The van der Waals surface area contributed by atoms with Gasteiger partial charge in [-0.25, -0.2) is 0 Å². The fourth-order valence-electron chi connectivity index (χ4n) is 3.32. The maximum atomic E-state index is 12.9. The molecule has 30 heavy (non-hydrogen) atoms. The highest BCUT2D eigenvalue weighted by Gasteiger charge is 2.35. The van der Waals surface area contributed by atoms with Crippen LogP contribution in [0.4, 0.5) is 4.79 Å². The molecule has 4 nitrogen and oxygen atoms in total. The molecule has 2 amide bonds. The zero-order valence-corrected chi connectivity index (χ0v) is 18.8. The lowest BCUT2D eigenvalue weighted by Crippen LogP contribution is -2.27. The van der Waals surface area contributed by atoms with Gasteiger partial charge in [-0.3, -0.25) is 14.5 Å². The van der Waals surface area contributed by atoms with Gasteiger partial charge in [0.25, 0.3) is 11.1 Å². The van der Waals surface area contributed by atoms with Gasteiger partial charge in [0.15, 0.2) is 0 Å². The zero-order chi connectivity index (χ0) is 21.1. The van der Waals surface area contributed by atoms with Crippen molar-refractivity contribution in [2.24, 2.45) is 0 Å². The number of fused-ring (bicyclic) bond motifs is 1. The molecule has 152 valence electrons. The van der Waals surface area contributed by atoms with Gasteiger partial charge >= 0.3 is 0 Å². The van der Waals surface area contributed by atoms with E-state index >= 15 is 0 Å². The molecule has 4 rings (SSSR count). The number of imide groups is 1. The number of carbonyl (C=O) groups excluding carboxylic acids is 2. The number of carbonyl (C=O) groups is 2. The van der Waals surface area contributed by atoms with E-state index in [9.17, 15) is 9.59 Å². The van der Waals surface area contributed by atoms with E-state index in [0.717, 1.165) is 50.3 Å². The number of hydrogen-bond acceptors (Lipinski definition) is 4. The van der Waals surface area contributed by atoms with Crippen LogP contribution >= 0.6 is 27.7 Å². The Morgan fingerprint density at radius 3 is 2.67 bits per heavy atom. The molecule has 0 aliphatic carbocycles. The summed E-state index contributed by atoms with van der Waals surface area (Å²) < 4.78 is 6.48. The molecule has 0 unspecified atom stereocenters. The van der Waals surface area contributed by atoms with Gasteiger partial charge in [-0.1, -0.05) is 55.5 Å². The molecule has 0 spiro atoms. The first-order valence-electron chi connectivity index (χ1n) is 9.71. The summed E-state index contributed by atoms with van der Waals surface area (Å²) in [5.74, 6) is 0.499. The molecule has 1 fully saturated rings. The van der Waals surface area contributed by atoms with Gasteiger partial charge in [-0.15, -0.1) is 0 Å². The second-order valence-corrected chi connectivity index (χ2v) is 8.79. The van der Waals surface area contributed by atoms with Crippen LogP contribution in [-0.4, -0.2) is 22.7 Å². The Labute approximate surface area is 188 Å². The van der Waals surface area contributed by atoms with Crippen LogP contribution in [0.15, 0.2) is 70.0 Å². The molecule has 0 saturated carbocycles. The standard InChI is InChI=1S/C24H20BrNO3S/c1-2-12-29-21-11-10-16(13-20(21)25)14-22-23(27)26(24(28)30-22)15-18-8-5-7-17-6-3-4-9-19(17)18/h3-11,13-14H,2,12,15H2,1H3/b22-14-. The Balaban J connectivity index is 1.56. The van der Waals surface area contributed by atoms with Crippen molar-refractivity contribution >= 4 is 55.7 Å². The van der Waals surface area contributed by atoms with Crippen molar-refractivity contribution in [3.63, 3.8) is 0 Å². The van der Waals surface area contributed by atoms with Crippen molar-refractivity contribution in [1.82, 2.24) is 4.90 Å². The lowest BCUT2D eigenvalue weighted by molar-refractivity contribution is -0.123. The van der Waals surface area contributed by atoms with Crippen LogP contribution in [0.2, 0.25) is 0 Å². The topological polar surface area (TPSA) is 46.6 Å². The molecule has 1 saturated heterocycles. The van der Waals surface area contributed by atoms with Crippen molar-refractivity contribution in [2.75, 3.05) is 6.61 Å². The third-order valence-corrected chi connectivity index (χ3v) is 6.32. The van der Waals surface area contributed by atoms with Crippen molar-refractivity contribution in [3.8, 4) is 5.75 Å². The molecule has 3 aromatic rings. The Morgan fingerprint density at radius 1 is 1.07 bits per heavy atom. The number of hydrogen-bond donors (Lipinski definition) is 0. The van der Waals surface area contributed by atoms with Crippen LogP contribution in [0.25, 0.3) is 16.8 Å². The first-order chi connectivity index (χ1) is 14.6. The number of rotatable bonds is 6. The lowest BCUT2D eigenvalue weighted by atomic mass is 10.0. The summed E-state index contributed by atoms with van der Waals surface area (Å²) in [5.41, 5.74) is 1.79. The van der Waals surface area contributed by atoms with Crippen LogP contribution in [0.5, 0.6) is 5.75 Å². The second kappa shape index (κ2) is 9.06. The van der Waals surface area contributed by atoms with Gasteiger partial charge in [-0.2, -0.15) is 0 Å². The summed E-state index contributed by atoms with van der Waals surface area (Å²) in [7, 11) is 0. The molecule has 6 heteroatoms. The minimum atomic E-state index is -0.264. The predicted octanol–water partition coefficient (Wildman–Crippen LogP) is 6.63. The lowest BCUT2D eigenvalue weighted by Gasteiger charge is -2.14. The maximum Gasteiger partial charge on any atom is 0.293 e. The Morgan fingerprint density at radius 2 is 1.87 bits per heavy atom. The molecule has 0 radical (unpaired) electrons. The summed E-state index contributed by atoms with van der Waals surface area (Å²) in [6.07, 6.45) is 2.68. The highest BCUT2D eigenvalue weighted by molar-refractivity contribution is 9.10. The van der Waals surface area contributed by atoms with E-state index in [-0.39, 0.29) is 17.7 Å². The first kappa shape index (κ1) is 20.7. The normalized spacial score (nSPS) is 15.4. The molecular formula is C24H20BrNO3S. The van der Waals surface area contributed by atoms with Gasteiger partial charge in [0.2, 0.25) is 0 Å². The number of nitrogens with zero attached hydrogens (tertiary/aromatic N) is 1. The van der Waals surface area contributed by atoms with E-state index in [2.05, 4.69) is 22.9 Å². The average Bonchev–Trinajstić information content (AvgIpc) is 3.01. The van der Waals surface area contributed by atoms with Gasteiger partial charge in [0.05, 0.1) is 22.5 Å². The summed E-state index contributed by atoms with van der Waals surface area (Å²) in [4.78, 5) is 27.2. The van der Waals surface area contributed by atoms with E-state index < -0.39 is 0 Å². The smallest absolute Gasteiger partial charge is 0.293 e. The van der Waals surface area contributed by atoms with E-state index in [1.165, 1.54) is 4.90 Å². The number of thioether (sulfide) groups is 1. The number of benzene rings is 3. The van der Waals surface area contributed by atoms with Crippen LogP contribution in [-0.2, 0) is 11.3 Å². The third kappa shape index (κ3) is 4.30. The molecule has 0 aromatic heterocycles. The minimum Gasteiger partial charge on any atom is -0.492 e. The monoisotopic (exact) mass is 481 g/mol. The molecular weight excluding hydrogens is 462 g/mol. The Hall–Kier alpha value is -2.57. The minimum absolute atomic E-state index is 0.249. The Kier molecular flexibility index (Phi) is 6.25. The van der Waals surface area contributed by atoms with Crippen LogP contribution in [0.3, 0.4) is 0 Å². The molecule has 1 heterocycles. The zero-order valence-electron chi connectivity index (χ0n) is 16.4. The number of amides is 2. The van der Waals surface area contributed by atoms with Gasteiger partial charge in [0.1, 0.15) is 5.75 Å². The molecule has 3 aromatic carbocycles. The molecule has 0 N–H and O–H groups in total. The maximum absolute atomic E-state index is 12.9. The van der Waals surface area contributed by atoms with E-state index in [1.54, 1.807) is 6.08 Å². The highest BCUT2D eigenvalue weighted by atomic mass is 79.9. The molecule has 1 aliphatic rings. The SMILES string of the molecule is CCCOc1ccc(/C=C2\SC(=O)N(Cc3cccc4ccccc34)C2=O)cc1Br. The quantitative estimate of drug-likeness (QED) is 0.370. The fourth-order valence-corrected chi connectivity index (χ4v) is 4.67. The molecule has 0 atom stereocenters. The van der Waals surface area contributed by atoms with Gasteiger partial charge < -0.3 is 4.74 Å². The third-order valence-electron chi connectivity index (χ3n) is 4.80. The van der Waals surface area contributed by atoms with Crippen molar-refractivity contribution in [1.29, 1.82) is 0 Å². The second-order valence-electron chi connectivity index (χ2n) is 6.94. The van der Waals surface area contributed by atoms with Gasteiger partial charge in [-0.05, 0) is 74.2 Å². The van der Waals surface area contributed by atoms with E-state index in [0.29, 0.717) is 11.5 Å². The fraction of sp³-hybridized carbons (Fsp3) is 0.167. The summed E-state index contributed by atoms with van der Waals surface area (Å²) >= 11 is 4.49. The highest BCUT2D eigenvalue weighted by Crippen LogP contribution is 2.35. The Bertz CT molecular complexity index is 1150. The van der Waals surface area contributed by atoms with Gasteiger partial charge in [0, 0.05) is 0 Å². The predicted molar refractivity (Wildman–Crippen MR) is 125 cm³/mol. The number of halogens is 1. The van der Waals surface area contributed by atoms with Crippen LogP contribution < -0.4 is 4.74 Å². The van der Waals surface area contributed by atoms with Crippen LogP contribution in [0, 0.1) is 0 Å². The number of ether oxygens (including phenoxy) is 1. The first-order valence-corrected chi connectivity index (χ1v) is 11.3. The molecule has 0 bridgehead atoms. The van der Waals surface area contributed by atoms with E-state index in [4.69, 9.17) is 4.74 Å². The largest absolute Gasteiger partial charge is 0.492 e. The van der Waals surface area contributed by atoms with Crippen molar-refractivity contribution < 1.29 is 14.3 Å². The van der Waals surface area contributed by atoms with E-state index in [1.807, 2.05) is 60.7 Å². The summed E-state index contributed by atoms with van der Waals surface area (Å²) in [6.45, 7) is 2.96. The molecule has 1 aliphatic heterocycles. The summed E-state index contributed by atoms with van der Waals surface area (Å²) in [6, 6.07) is 19.6. The average molecular weight is 482 g/mol. The van der Waals surface area contributed by atoms with Crippen LogP contribution in [0.1, 0.15) is 24.5 Å². The summed E-state index contributed by atoms with van der Waals surface area (Å²) in [5, 5.41) is 1.89. The van der Waals surface area contributed by atoms with Crippen molar-refractivity contribution in [2.45, 2.75) is 19.9 Å².